The van der Waals surface area contributed by atoms with Crippen LogP contribution in [0.15, 0.2) is 66.7 Å². The molecule has 0 atom stereocenters. The fourth-order valence-corrected chi connectivity index (χ4v) is 1.95. The van der Waals surface area contributed by atoms with Gasteiger partial charge in [-0.2, -0.15) is 0 Å². The number of hydrogen-bond donors (Lipinski definition) is 0. The van der Waals surface area contributed by atoms with Crippen LogP contribution in [0.25, 0.3) is 10.8 Å². The van der Waals surface area contributed by atoms with Crippen LogP contribution in [0.4, 0.5) is 0 Å². The highest BCUT2D eigenvalue weighted by Gasteiger charge is 1.95. The molecular formula is C18H11. The molecule has 18 heavy (non-hydrogen) atoms. The Kier molecular flexibility index (Phi) is 2.82. The summed E-state index contributed by atoms with van der Waals surface area (Å²) in [5.41, 5.74) is 2.06. The molecule has 0 heteroatoms. The summed E-state index contributed by atoms with van der Waals surface area (Å²) in [6.45, 7) is 0. The van der Waals surface area contributed by atoms with Gasteiger partial charge in [0.15, 0.2) is 0 Å². The average Bonchev–Trinajstić information content (AvgIpc) is 2.46. The van der Waals surface area contributed by atoms with E-state index in [9.17, 15) is 0 Å². The van der Waals surface area contributed by atoms with E-state index in [1.807, 2.05) is 42.5 Å². The lowest BCUT2D eigenvalue weighted by Crippen LogP contribution is -1.79. The van der Waals surface area contributed by atoms with Gasteiger partial charge in [-0.15, -0.1) is 0 Å². The molecule has 0 amide bonds. The SMILES string of the molecule is C(#Cc1cccc2ccccc12)c1c[c]ccc1. The first-order valence-electron chi connectivity index (χ1n) is 5.89. The van der Waals surface area contributed by atoms with E-state index in [0.717, 1.165) is 11.1 Å². The molecule has 0 aliphatic carbocycles. The van der Waals surface area contributed by atoms with Crippen LogP contribution in [0.3, 0.4) is 0 Å². The standard InChI is InChI=1S/C18H11/c1-2-7-15(8-3-1)13-14-17-11-6-10-16-9-4-5-12-18(16)17/h1-2,4-12H. The molecule has 0 heterocycles. The van der Waals surface area contributed by atoms with Crippen LogP contribution in [-0.4, -0.2) is 0 Å². The van der Waals surface area contributed by atoms with E-state index in [1.165, 1.54) is 10.8 Å². The van der Waals surface area contributed by atoms with Gasteiger partial charge in [0, 0.05) is 11.1 Å². The number of benzene rings is 3. The maximum Gasteiger partial charge on any atom is 0.0327 e. The van der Waals surface area contributed by atoms with Gasteiger partial charge in [0.2, 0.25) is 0 Å². The molecule has 3 rings (SSSR count). The van der Waals surface area contributed by atoms with Crippen LogP contribution in [0.2, 0.25) is 0 Å². The van der Waals surface area contributed by atoms with E-state index < -0.39 is 0 Å². The average molecular weight is 227 g/mol. The maximum absolute atomic E-state index is 3.23. The third-order valence-corrected chi connectivity index (χ3v) is 2.84. The first-order valence-corrected chi connectivity index (χ1v) is 5.89. The third kappa shape index (κ3) is 2.12. The van der Waals surface area contributed by atoms with Crippen molar-refractivity contribution in [1.29, 1.82) is 0 Å². The van der Waals surface area contributed by atoms with Gasteiger partial charge < -0.3 is 0 Å². The molecule has 0 saturated carbocycles. The Balaban J connectivity index is 2.09. The van der Waals surface area contributed by atoms with Crippen molar-refractivity contribution in [2.45, 2.75) is 0 Å². The van der Waals surface area contributed by atoms with Gasteiger partial charge in [-0.25, -0.2) is 0 Å². The second-order valence-electron chi connectivity index (χ2n) is 4.07. The van der Waals surface area contributed by atoms with Crippen molar-refractivity contribution in [2.24, 2.45) is 0 Å². The predicted octanol–water partition coefficient (Wildman–Crippen LogP) is 4.04. The molecule has 3 aromatic rings. The maximum atomic E-state index is 3.23. The Bertz CT molecular complexity index is 723. The Labute approximate surface area is 107 Å². The zero-order valence-corrected chi connectivity index (χ0v) is 9.85. The first-order chi connectivity index (χ1) is 8.93. The summed E-state index contributed by atoms with van der Waals surface area (Å²) in [6, 6.07) is 25.3. The summed E-state index contributed by atoms with van der Waals surface area (Å²) >= 11 is 0. The fourth-order valence-electron chi connectivity index (χ4n) is 1.95. The fraction of sp³-hybridized carbons (Fsp3) is 0. The molecule has 0 N–H and O–H groups in total. The van der Waals surface area contributed by atoms with Crippen LogP contribution in [0, 0.1) is 17.9 Å². The topological polar surface area (TPSA) is 0 Å². The molecule has 0 spiro atoms. The van der Waals surface area contributed by atoms with Crippen molar-refractivity contribution in [3.63, 3.8) is 0 Å². The molecule has 0 aliphatic rings. The summed E-state index contributed by atoms with van der Waals surface area (Å²) in [7, 11) is 0. The highest BCUT2D eigenvalue weighted by atomic mass is 14.0. The summed E-state index contributed by atoms with van der Waals surface area (Å²) in [5.74, 6) is 6.41. The van der Waals surface area contributed by atoms with Crippen LogP contribution in [0.1, 0.15) is 11.1 Å². The lowest BCUT2D eigenvalue weighted by atomic mass is 10.0. The highest BCUT2D eigenvalue weighted by molar-refractivity contribution is 5.88. The van der Waals surface area contributed by atoms with Gasteiger partial charge in [0.05, 0.1) is 0 Å². The van der Waals surface area contributed by atoms with Gasteiger partial charge in [-0.3, -0.25) is 0 Å². The summed E-state index contributed by atoms with van der Waals surface area (Å²) in [6.07, 6.45) is 0. The van der Waals surface area contributed by atoms with Crippen LogP contribution in [-0.2, 0) is 0 Å². The summed E-state index contributed by atoms with van der Waals surface area (Å²) < 4.78 is 0. The zero-order valence-electron chi connectivity index (χ0n) is 9.85. The normalized spacial score (nSPS) is 9.78. The van der Waals surface area contributed by atoms with Crippen molar-refractivity contribution in [2.75, 3.05) is 0 Å². The number of fused-ring (bicyclic) bond motifs is 1. The Morgan fingerprint density at radius 2 is 1.67 bits per heavy atom. The Morgan fingerprint density at radius 1 is 0.778 bits per heavy atom. The molecule has 1 radical (unpaired) electrons. The van der Waals surface area contributed by atoms with E-state index in [2.05, 4.69) is 42.2 Å². The minimum absolute atomic E-state index is 0.991. The van der Waals surface area contributed by atoms with Crippen molar-refractivity contribution in [1.82, 2.24) is 0 Å². The van der Waals surface area contributed by atoms with Gasteiger partial charge in [-0.05, 0) is 35.0 Å². The van der Waals surface area contributed by atoms with Crippen LogP contribution in [0.5, 0.6) is 0 Å². The zero-order chi connectivity index (χ0) is 12.2. The van der Waals surface area contributed by atoms with Crippen molar-refractivity contribution < 1.29 is 0 Å². The highest BCUT2D eigenvalue weighted by Crippen LogP contribution is 2.17. The van der Waals surface area contributed by atoms with Crippen molar-refractivity contribution in [3.05, 3.63) is 83.9 Å². The minimum atomic E-state index is 0.991. The molecule has 3 aromatic carbocycles. The van der Waals surface area contributed by atoms with E-state index in [-0.39, 0.29) is 0 Å². The van der Waals surface area contributed by atoms with E-state index in [0.29, 0.717) is 0 Å². The summed E-state index contributed by atoms with van der Waals surface area (Å²) in [5, 5.41) is 2.43. The van der Waals surface area contributed by atoms with Crippen LogP contribution >= 0.6 is 0 Å². The largest absolute Gasteiger partial charge is 0.0616 e. The van der Waals surface area contributed by atoms with Crippen LogP contribution < -0.4 is 0 Å². The van der Waals surface area contributed by atoms with Gasteiger partial charge in [0.25, 0.3) is 0 Å². The molecule has 0 aliphatic heterocycles. The molecule has 83 valence electrons. The smallest absolute Gasteiger partial charge is 0.0327 e. The minimum Gasteiger partial charge on any atom is -0.0616 e. The van der Waals surface area contributed by atoms with Gasteiger partial charge >= 0.3 is 0 Å². The molecule has 0 nitrogen and oxygen atoms in total. The molecular weight excluding hydrogens is 216 g/mol. The van der Waals surface area contributed by atoms with Gasteiger partial charge in [0.1, 0.15) is 0 Å². The van der Waals surface area contributed by atoms with E-state index >= 15 is 0 Å². The molecule has 0 unspecified atom stereocenters. The lowest BCUT2D eigenvalue weighted by Gasteiger charge is -1.99. The molecule has 0 aromatic heterocycles. The molecule has 0 saturated heterocycles. The second kappa shape index (κ2) is 4.77. The quantitative estimate of drug-likeness (QED) is 0.508. The van der Waals surface area contributed by atoms with E-state index in [1.54, 1.807) is 0 Å². The number of hydrogen-bond acceptors (Lipinski definition) is 0. The molecule has 0 fully saturated rings. The second-order valence-corrected chi connectivity index (χ2v) is 4.07. The van der Waals surface area contributed by atoms with E-state index in [4.69, 9.17) is 0 Å². The first kappa shape index (κ1) is 10.6. The van der Waals surface area contributed by atoms with Gasteiger partial charge in [-0.1, -0.05) is 60.4 Å². The monoisotopic (exact) mass is 227 g/mol. The Hall–Kier alpha value is -2.52. The molecule has 0 bridgehead atoms. The third-order valence-electron chi connectivity index (χ3n) is 2.84. The predicted molar refractivity (Wildman–Crippen MR) is 75.2 cm³/mol. The number of rotatable bonds is 0. The summed E-state index contributed by atoms with van der Waals surface area (Å²) in [4.78, 5) is 0. The Morgan fingerprint density at radius 3 is 2.56 bits per heavy atom. The van der Waals surface area contributed by atoms with Crippen molar-refractivity contribution >= 4 is 10.8 Å². The lowest BCUT2D eigenvalue weighted by molar-refractivity contribution is 1.63. The van der Waals surface area contributed by atoms with Crippen molar-refractivity contribution in [3.8, 4) is 11.8 Å².